The molecular weight excluding hydrogens is 230 g/mol. The summed E-state index contributed by atoms with van der Waals surface area (Å²) in [5.74, 6) is 0.788. The molecule has 3 aromatic rings. The fourth-order valence-electron chi connectivity index (χ4n) is 1.84. The molecule has 5 nitrogen and oxygen atoms in total. The van der Waals surface area contributed by atoms with Crippen molar-refractivity contribution in [3.05, 3.63) is 48.0 Å². The van der Waals surface area contributed by atoms with Crippen molar-refractivity contribution in [1.82, 2.24) is 10.1 Å². The number of ether oxygens (including phenoxy) is 1. The zero-order valence-electron chi connectivity index (χ0n) is 9.72. The van der Waals surface area contributed by atoms with Crippen molar-refractivity contribution in [1.29, 1.82) is 0 Å². The number of nitrogens with zero attached hydrogens (tertiary/aromatic N) is 1. The van der Waals surface area contributed by atoms with Crippen molar-refractivity contribution in [2.45, 2.75) is 13.2 Å². The Kier molecular flexibility index (Phi) is 2.74. The van der Waals surface area contributed by atoms with Gasteiger partial charge in [0.1, 0.15) is 24.3 Å². The second-order valence-electron chi connectivity index (χ2n) is 4.03. The van der Waals surface area contributed by atoms with Crippen LogP contribution in [0.1, 0.15) is 11.4 Å². The summed E-state index contributed by atoms with van der Waals surface area (Å²) in [5, 5.41) is 4.92. The maximum absolute atomic E-state index is 5.63. The molecule has 18 heavy (non-hydrogen) atoms. The number of hydrogen-bond acceptors (Lipinski definition) is 4. The van der Waals surface area contributed by atoms with Crippen molar-refractivity contribution in [3.8, 4) is 5.75 Å². The molecule has 0 radical (unpaired) electrons. The monoisotopic (exact) mass is 243 g/mol. The molecule has 0 aliphatic heterocycles. The molecule has 5 heteroatoms. The Hall–Kier alpha value is -2.27. The lowest BCUT2D eigenvalue weighted by Gasteiger charge is -2.03. The number of nitrogens with one attached hydrogen (secondary N) is 1. The first-order valence-electron chi connectivity index (χ1n) is 5.69. The van der Waals surface area contributed by atoms with Crippen LogP contribution in [0.4, 0.5) is 0 Å². The van der Waals surface area contributed by atoms with E-state index in [-0.39, 0.29) is 0 Å². The zero-order chi connectivity index (χ0) is 12.4. The molecule has 0 aliphatic carbocycles. The van der Waals surface area contributed by atoms with Crippen LogP contribution in [0.2, 0.25) is 0 Å². The average molecular weight is 243 g/mol. The van der Waals surface area contributed by atoms with E-state index in [1.807, 2.05) is 24.3 Å². The van der Waals surface area contributed by atoms with Gasteiger partial charge in [0.05, 0.1) is 0 Å². The molecule has 0 bridgehead atoms. The number of benzene rings is 1. The number of rotatable bonds is 4. The third kappa shape index (κ3) is 2.08. The van der Waals surface area contributed by atoms with Gasteiger partial charge in [-0.05, 0) is 23.6 Å². The molecule has 0 saturated carbocycles. The highest BCUT2D eigenvalue weighted by Crippen LogP contribution is 2.22. The second kappa shape index (κ2) is 4.54. The van der Waals surface area contributed by atoms with Crippen molar-refractivity contribution in [3.63, 3.8) is 0 Å². The first-order valence-corrected chi connectivity index (χ1v) is 5.69. The summed E-state index contributed by atoms with van der Waals surface area (Å²) in [4.78, 5) is 3.24. The van der Waals surface area contributed by atoms with Gasteiger partial charge in [-0.1, -0.05) is 5.16 Å². The Morgan fingerprint density at radius 1 is 1.28 bits per heavy atom. The summed E-state index contributed by atoms with van der Waals surface area (Å²) in [6.07, 6.45) is 1.53. The number of nitrogens with two attached hydrogens (primary N) is 1. The minimum Gasteiger partial charge on any atom is -0.487 e. The standard InChI is InChI=1S/C13H13N3O2/c14-7-11-5-9-1-2-12(6-13(9)15-11)17-8-10-3-4-18-16-10/h1-6,15H,7-8,14H2. The molecule has 3 rings (SSSR count). The number of aromatic nitrogens is 2. The van der Waals surface area contributed by atoms with Crippen molar-refractivity contribution < 1.29 is 9.26 Å². The predicted octanol–water partition coefficient (Wildman–Crippen LogP) is 2.19. The summed E-state index contributed by atoms with van der Waals surface area (Å²) in [6.45, 7) is 0.899. The van der Waals surface area contributed by atoms with Crippen LogP contribution in [0.25, 0.3) is 10.9 Å². The Morgan fingerprint density at radius 2 is 2.22 bits per heavy atom. The minimum absolute atomic E-state index is 0.395. The quantitative estimate of drug-likeness (QED) is 0.736. The van der Waals surface area contributed by atoms with Gasteiger partial charge >= 0.3 is 0 Å². The Balaban J connectivity index is 1.80. The normalized spacial score (nSPS) is 10.9. The van der Waals surface area contributed by atoms with E-state index in [2.05, 4.69) is 10.1 Å². The SMILES string of the molecule is NCc1cc2ccc(OCc3ccon3)cc2[nH]1. The summed E-state index contributed by atoms with van der Waals surface area (Å²) in [7, 11) is 0. The van der Waals surface area contributed by atoms with Crippen LogP contribution in [0.3, 0.4) is 0 Å². The van der Waals surface area contributed by atoms with Gasteiger partial charge in [0.15, 0.2) is 0 Å². The molecule has 0 fully saturated rings. The third-order valence-electron chi connectivity index (χ3n) is 2.75. The van der Waals surface area contributed by atoms with Gasteiger partial charge in [-0.3, -0.25) is 0 Å². The van der Waals surface area contributed by atoms with Crippen molar-refractivity contribution in [2.24, 2.45) is 5.73 Å². The molecule has 0 aliphatic rings. The Morgan fingerprint density at radius 3 is 3.00 bits per heavy atom. The maximum atomic E-state index is 5.63. The zero-order valence-corrected chi connectivity index (χ0v) is 9.72. The van der Waals surface area contributed by atoms with Crippen LogP contribution >= 0.6 is 0 Å². The van der Waals surface area contributed by atoms with Crippen LogP contribution in [0.15, 0.2) is 41.1 Å². The van der Waals surface area contributed by atoms with E-state index in [9.17, 15) is 0 Å². The number of aromatic amines is 1. The molecule has 2 heterocycles. The Labute approximate surface area is 104 Å². The highest BCUT2D eigenvalue weighted by molar-refractivity contribution is 5.81. The molecule has 0 spiro atoms. The molecule has 2 aromatic heterocycles. The van der Waals surface area contributed by atoms with Crippen molar-refractivity contribution in [2.75, 3.05) is 0 Å². The molecule has 0 unspecified atom stereocenters. The molecular formula is C13H13N3O2. The lowest BCUT2D eigenvalue weighted by atomic mass is 10.2. The van der Waals surface area contributed by atoms with Gasteiger partial charge in [-0.25, -0.2) is 0 Å². The smallest absolute Gasteiger partial charge is 0.134 e. The first-order chi connectivity index (χ1) is 8.85. The fourth-order valence-corrected chi connectivity index (χ4v) is 1.84. The van der Waals surface area contributed by atoms with E-state index in [1.165, 1.54) is 6.26 Å². The molecule has 0 saturated heterocycles. The second-order valence-corrected chi connectivity index (χ2v) is 4.03. The van der Waals surface area contributed by atoms with Gasteiger partial charge in [-0.2, -0.15) is 0 Å². The first kappa shape index (κ1) is 10.9. The third-order valence-corrected chi connectivity index (χ3v) is 2.75. The van der Waals surface area contributed by atoms with Gasteiger partial charge in [0, 0.05) is 29.9 Å². The molecule has 92 valence electrons. The van der Waals surface area contributed by atoms with E-state index in [4.69, 9.17) is 15.0 Å². The highest BCUT2D eigenvalue weighted by Gasteiger charge is 2.03. The lowest BCUT2D eigenvalue weighted by molar-refractivity contribution is 0.289. The van der Waals surface area contributed by atoms with Crippen LogP contribution in [-0.2, 0) is 13.2 Å². The average Bonchev–Trinajstić information content (AvgIpc) is 3.04. The van der Waals surface area contributed by atoms with E-state index in [0.717, 1.165) is 28.0 Å². The van der Waals surface area contributed by atoms with Crippen LogP contribution in [-0.4, -0.2) is 10.1 Å². The van der Waals surface area contributed by atoms with E-state index < -0.39 is 0 Å². The van der Waals surface area contributed by atoms with Gasteiger partial charge in [0.2, 0.25) is 0 Å². The molecule has 3 N–H and O–H groups in total. The summed E-state index contributed by atoms with van der Waals surface area (Å²) < 4.78 is 10.4. The van der Waals surface area contributed by atoms with E-state index in [0.29, 0.717) is 13.2 Å². The van der Waals surface area contributed by atoms with Gasteiger partial charge < -0.3 is 20.0 Å². The number of H-pyrrole nitrogens is 1. The Bertz CT molecular complexity index is 643. The predicted molar refractivity (Wildman–Crippen MR) is 67.0 cm³/mol. The topological polar surface area (TPSA) is 77.1 Å². The van der Waals surface area contributed by atoms with Crippen LogP contribution in [0, 0.1) is 0 Å². The number of fused-ring (bicyclic) bond motifs is 1. The molecule has 0 amide bonds. The summed E-state index contributed by atoms with van der Waals surface area (Å²) >= 11 is 0. The van der Waals surface area contributed by atoms with E-state index in [1.54, 1.807) is 6.07 Å². The van der Waals surface area contributed by atoms with Crippen LogP contribution in [0.5, 0.6) is 5.75 Å². The maximum Gasteiger partial charge on any atom is 0.134 e. The lowest BCUT2D eigenvalue weighted by Crippen LogP contribution is -1.95. The van der Waals surface area contributed by atoms with Gasteiger partial charge in [-0.15, -0.1) is 0 Å². The van der Waals surface area contributed by atoms with Gasteiger partial charge in [0.25, 0.3) is 0 Å². The molecule has 1 aromatic carbocycles. The largest absolute Gasteiger partial charge is 0.487 e. The summed E-state index contributed by atoms with van der Waals surface area (Å²) in [6, 6.07) is 9.70. The van der Waals surface area contributed by atoms with E-state index >= 15 is 0 Å². The van der Waals surface area contributed by atoms with Crippen molar-refractivity contribution >= 4 is 10.9 Å². The summed E-state index contributed by atoms with van der Waals surface area (Å²) in [5.41, 5.74) is 8.40. The minimum atomic E-state index is 0.395. The number of hydrogen-bond donors (Lipinski definition) is 2. The molecule has 0 atom stereocenters. The van der Waals surface area contributed by atoms with Crippen LogP contribution < -0.4 is 10.5 Å². The highest BCUT2D eigenvalue weighted by atomic mass is 16.5. The fraction of sp³-hybridized carbons (Fsp3) is 0.154.